The number of ether oxygens (including phenoxy) is 1. The molecular weight excluding hydrogens is 858 g/mol. The van der Waals surface area contributed by atoms with Crippen molar-refractivity contribution in [3.63, 3.8) is 0 Å². The van der Waals surface area contributed by atoms with E-state index in [0.29, 0.717) is 31.4 Å². The third-order valence-corrected chi connectivity index (χ3v) is 13.6. The fourth-order valence-corrected chi connectivity index (χ4v) is 9.92. The number of aromatic nitrogens is 2. The molecule has 8 rings (SSSR count). The van der Waals surface area contributed by atoms with Gasteiger partial charge < -0.3 is 40.3 Å². The Bertz CT molecular complexity index is 2320. The van der Waals surface area contributed by atoms with E-state index in [1.165, 1.54) is 31.3 Å². The number of hydrogen-bond acceptors (Lipinski definition) is 12. The standard InChI is InChI=1S/C47H59F3N10O6/c1-57-38-26-52-46(56-41(38)60(30-12-7-8-13-30)28-47(49,50)45(57)65)54-36-25-34(48)32(24-39(36)66-2)42(62)53-29-18-22-58(23-19-29)21-10-6-4-3-5-9-20-51-35-15-11-14-31-33(35)27-59(44(31)64)37-16-17-40(61)55-43(37)63/h11,14-15,24-26,29-30,37,51H,3-10,12-13,16-23,27-28H2,1-2H3,(H,53,62)(H,52,54,56)(H,55,61,63). The van der Waals surface area contributed by atoms with Crippen molar-refractivity contribution in [2.24, 2.45) is 0 Å². The largest absolute Gasteiger partial charge is 0.495 e. The highest BCUT2D eigenvalue weighted by atomic mass is 19.3. The quantitative estimate of drug-likeness (QED) is 0.0900. The number of methoxy groups -OCH3 is 1. The van der Waals surface area contributed by atoms with Crippen LogP contribution in [0.5, 0.6) is 5.75 Å². The van der Waals surface area contributed by atoms with Crippen molar-refractivity contribution in [1.82, 2.24) is 30.4 Å². The molecule has 1 aromatic heterocycles. The van der Waals surface area contributed by atoms with E-state index in [4.69, 9.17) is 4.74 Å². The highest BCUT2D eigenvalue weighted by molar-refractivity contribution is 6.06. The number of alkyl halides is 2. The molecule has 4 N–H and O–H groups in total. The monoisotopic (exact) mass is 916 g/mol. The lowest BCUT2D eigenvalue weighted by Gasteiger charge is -2.32. The average molecular weight is 917 g/mol. The predicted molar refractivity (Wildman–Crippen MR) is 242 cm³/mol. The highest BCUT2D eigenvalue weighted by Gasteiger charge is 2.49. The summed E-state index contributed by atoms with van der Waals surface area (Å²) in [5, 5.41) is 11.8. The summed E-state index contributed by atoms with van der Waals surface area (Å²) >= 11 is 0. The Morgan fingerprint density at radius 1 is 0.939 bits per heavy atom. The van der Waals surface area contributed by atoms with Gasteiger partial charge in [0.05, 0.1) is 31.1 Å². The second-order valence-electron chi connectivity index (χ2n) is 18.1. The third-order valence-electron chi connectivity index (χ3n) is 13.6. The molecule has 16 nitrogen and oxygen atoms in total. The zero-order valence-electron chi connectivity index (χ0n) is 37.6. The Labute approximate surface area is 382 Å². The van der Waals surface area contributed by atoms with Crippen LogP contribution in [0.25, 0.3) is 0 Å². The van der Waals surface area contributed by atoms with Gasteiger partial charge in [0, 0.05) is 74.6 Å². The third kappa shape index (κ3) is 10.2. The van der Waals surface area contributed by atoms with Crippen molar-refractivity contribution >= 4 is 58.4 Å². The number of amides is 5. The van der Waals surface area contributed by atoms with E-state index in [9.17, 15) is 24.0 Å². The first kappa shape index (κ1) is 46.5. The molecule has 5 amide bonds. The normalized spacial score (nSPS) is 20.3. The minimum atomic E-state index is -3.62. The molecule has 66 heavy (non-hydrogen) atoms. The number of carbonyl (C=O) groups excluding carboxylic acids is 5. The maximum Gasteiger partial charge on any atom is 0.342 e. The smallest absolute Gasteiger partial charge is 0.342 e. The fourth-order valence-electron chi connectivity index (χ4n) is 9.92. The Morgan fingerprint density at radius 2 is 1.68 bits per heavy atom. The first-order valence-electron chi connectivity index (χ1n) is 23.3. The van der Waals surface area contributed by atoms with E-state index in [1.54, 1.807) is 11.0 Å². The van der Waals surface area contributed by atoms with Crippen molar-refractivity contribution in [1.29, 1.82) is 0 Å². The van der Waals surface area contributed by atoms with Crippen LogP contribution in [0.3, 0.4) is 0 Å². The summed E-state index contributed by atoms with van der Waals surface area (Å²) in [6.45, 7) is 2.94. The van der Waals surface area contributed by atoms with Crippen molar-refractivity contribution in [2.75, 3.05) is 67.3 Å². The van der Waals surface area contributed by atoms with E-state index < -0.39 is 42.0 Å². The van der Waals surface area contributed by atoms with Crippen LogP contribution in [0.1, 0.15) is 116 Å². The number of anilines is 5. The van der Waals surface area contributed by atoms with Gasteiger partial charge in [-0.25, -0.2) is 9.37 Å². The molecule has 4 aliphatic heterocycles. The number of fused-ring (bicyclic) bond motifs is 2. The molecule has 5 heterocycles. The van der Waals surface area contributed by atoms with E-state index >= 15 is 13.2 Å². The molecule has 19 heteroatoms. The minimum Gasteiger partial charge on any atom is -0.495 e. The van der Waals surface area contributed by atoms with Crippen LogP contribution in [0.15, 0.2) is 36.5 Å². The Kier molecular flexibility index (Phi) is 14.3. The molecule has 1 saturated carbocycles. The van der Waals surface area contributed by atoms with Gasteiger partial charge in [0.1, 0.15) is 23.3 Å². The summed E-state index contributed by atoms with van der Waals surface area (Å²) in [5.41, 5.74) is 2.52. The topological polar surface area (TPSA) is 181 Å². The van der Waals surface area contributed by atoms with Crippen LogP contribution in [0.4, 0.5) is 42.0 Å². The molecule has 1 aliphatic carbocycles. The van der Waals surface area contributed by atoms with Crippen molar-refractivity contribution in [3.05, 3.63) is 59.0 Å². The predicted octanol–water partition coefficient (Wildman–Crippen LogP) is 6.14. The van der Waals surface area contributed by atoms with Crippen LogP contribution in [-0.2, 0) is 20.9 Å². The van der Waals surface area contributed by atoms with Gasteiger partial charge in [-0.15, -0.1) is 0 Å². The molecule has 0 radical (unpaired) electrons. The summed E-state index contributed by atoms with van der Waals surface area (Å²) in [6, 6.07) is 7.09. The molecule has 1 atom stereocenters. The van der Waals surface area contributed by atoms with Gasteiger partial charge in [-0.05, 0) is 69.7 Å². The number of likely N-dealkylation sites (tertiary alicyclic amines) is 1. The molecule has 2 saturated heterocycles. The number of rotatable bonds is 17. The summed E-state index contributed by atoms with van der Waals surface area (Å²) in [4.78, 5) is 78.3. The SMILES string of the molecule is COc1cc(C(=O)NC2CCN(CCCCCCCCNc3cccc4c3CN(C3CCC(=O)NC3=O)C4=O)CC2)c(F)cc1Nc1ncc2c(n1)N(C1CCCC1)CC(F)(F)C(=O)N2C. The number of benzene rings is 2. The van der Waals surface area contributed by atoms with Crippen molar-refractivity contribution in [2.45, 2.75) is 120 Å². The second kappa shape index (κ2) is 20.3. The lowest BCUT2D eigenvalue weighted by Crippen LogP contribution is -2.52. The molecule has 0 spiro atoms. The number of halogens is 3. The number of unbranched alkanes of at least 4 members (excludes halogenated alkanes) is 5. The fraction of sp³-hybridized carbons (Fsp3) is 0.553. The maximum absolute atomic E-state index is 15.6. The maximum atomic E-state index is 15.6. The first-order valence-corrected chi connectivity index (χ1v) is 23.3. The van der Waals surface area contributed by atoms with E-state index in [1.807, 2.05) is 12.1 Å². The van der Waals surface area contributed by atoms with Gasteiger partial charge in [-0.1, -0.05) is 44.6 Å². The highest BCUT2D eigenvalue weighted by Crippen LogP contribution is 2.40. The number of nitrogens with one attached hydrogen (secondary N) is 4. The Morgan fingerprint density at radius 3 is 2.42 bits per heavy atom. The van der Waals surface area contributed by atoms with Gasteiger partial charge in [0.2, 0.25) is 17.8 Å². The van der Waals surface area contributed by atoms with Crippen LogP contribution in [-0.4, -0.2) is 120 Å². The van der Waals surface area contributed by atoms with Gasteiger partial charge in [-0.2, -0.15) is 13.8 Å². The minimum absolute atomic E-state index is 0.00908. The number of hydrogen-bond donors (Lipinski definition) is 4. The van der Waals surface area contributed by atoms with Crippen molar-refractivity contribution < 1.29 is 41.9 Å². The van der Waals surface area contributed by atoms with Gasteiger partial charge >= 0.3 is 5.92 Å². The van der Waals surface area contributed by atoms with Crippen LogP contribution >= 0.6 is 0 Å². The zero-order valence-corrected chi connectivity index (χ0v) is 37.6. The number of carbonyl (C=O) groups is 5. The lowest BCUT2D eigenvalue weighted by atomic mass is 10.0. The molecule has 3 fully saturated rings. The Hall–Kier alpha value is -5.98. The van der Waals surface area contributed by atoms with E-state index in [2.05, 4.69) is 36.1 Å². The molecule has 3 aromatic rings. The summed E-state index contributed by atoms with van der Waals surface area (Å²) in [6.07, 6.45) is 13.0. The Balaban J connectivity index is 0.744. The number of imide groups is 1. The van der Waals surface area contributed by atoms with Crippen LogP contribution in [0.2, 0.25) is 0 Å². The van der Waals surface area contributed by atoms with Crippen molar-refractivity contribution in [3.8, 4) is 5.75 Å². The van der Waals surface area contributed by atoms with E-state index in [0.717, 1.165) is 113 Å². The number of nitrogens with zero attached hydrogens (tertiary/aromatic N) is 6. The summed E-state index contributed by atoms with van der Waals surface area (Å²) in [7, 11) is 2.66. The second-order valence-corrected chi connectivity index (χ2v) is 18.1. The molecule has 1 unspecified atom stereocenters. The first-order chi connectivity index (χ1) is 31.8. The zero-order chi connectivity index (χ0) is 46.5. The molecule has 0 bridgehead atoms. The van der Waals surface area contributed by atoms with Crippen LogP contribution < -0.4 is 35.8 Å². The van der Waals surface area contributed by atoms with Gasteiger partial charge in [0.25, 0.3) is 17.7 Å². The molecular formula is C47H59F3N10O6. The molecule has 2 aromatic carbocycles. The lowest BCUT2D eigenvalue weighted by molar-refractivity contribution is -0.140. The van der Waals surface area contributed by atoms with Gasteiger partial charge in [0.15, 0.2) is 5.82 Å². The summed E-state index contributed by atoms with van der Waals surface area (Å²) in [5.74, 6) is -6.85. The average Bonchev–Trinajstić information content (AvgIpc) is 3.95. The summed E-state index contributed by atoms with van der Waals surface area (Å²) < 4.78 is 51.3. The van der Waals surface area contributed by atoms with E-state index in [-0.39, 0.29) is 64.8 Å². The number of piperidine rings is 2. The molecule has 5 aliphatic rings. The molecule has 354 valence electrons. The van der Waals surface area contributed by atoms with Crippen LogP contribution in [0, 0.1) is 5.82 Å². The van der Waals surface area contributed by atoms with Gasteiger partial charge in [-0.3, -0.25) is 29.3 Å².